The van der Waals surface area contributed by atoms with Crippen molar-refractivity contribution >= 4 is 34.2 Å². The lowest BCUT2D eigenvalue weighted by Crippen LogP contribution is -2.26. The topological polar surface area (TPSA) is 62.2 Å². The first-order valence-corrected chi connectivity index (χ1v) is 9.66. The number of carboxylic acids is 1. The van der Waals surface area contributed by atoms with Gasteiger partial charge in [-0.05, 0) is 37.9 Å². The summed E-state index contributed by atoms with van der Waals surface area (Å²) in [6.45, 7) is 2.21. The van der Waals surface area contributed by atoms with Gasteiger partial charge in [0.15, 0.2) is 5.13 Å². The minimum atomic E-state index is -0.729. The number of rotatable bonds is 5. The Morgan fingerprint density at radius 1 is 1.43 bits per heavy atom. The molecular formula is C15H22N2O2S2. The lowest BCUT2D eigenvalue weighted by Gasteiger charge is -2.19. The van der Waals surface area contributed by atoms with Gasteiger partial charge in [0.1, 0.15) is 5.92 Å². The number of aliphatic carboxylic acids is 1. The summed E-state index contributed by atoms with van der Waals surface area (Å²) in [5, 5.41) is 14.5. The maximum Gasteiger partial charge on any atom is 0.312 e. The largest absolute Gasteiger partial charge is 0.481 e. The number of anilines is 1. The van der Waals surface area contributed by atoms with Gasteiger partial charge >= 0.3 is 5.97 Å². The van der Waals surface area contributed by atoms with Crippen LogP contribution in [0.25, 0.3) is 0 Å². The SMILES string of the molecule is CCSC1CCCC1Nc1nc2c(s1)CCCC2C(=O)O. The molecule has 0 aromatic carbocycles. The highest BCUT2D eigenvalue weighted by atomic mass is 32.2. The number of hydrogen-bond acceptors (Lipinski definition) is 5. The Morgan fingerprint density at radius 2 is 2.29 bits per heavy atom. The highest BCUT2D eigenvalue weighted by Gasteiger charge is 2.32. The average Bonchev–Trinajstić information content (AvgIpc) is 3.05. The second kappa shape index (κ2) is 6.57. The molecule has 0 saturated heterocycles. The molecule has 21 heavy (non-hydrogen) atoms. The molecule has 6 heteroatoms. The molecule has 1 fully saturated rings. The van der Waals surface area contributed by atoms with Gasteiger partial charge in [0.05, 0.1) is 5.69 Å². The molecule has 2 N–H and O–H groups in total. The molecule has 3 rings (SSSR count). The number of fused-ring (bicyclic) bond motifs is 1. The number of nitrogens with zero attached hydrogens (tertiary/aromatic N) is 1. The van der Waals surface area contributed by atoms with E-state index in [1.807, 2.05) is 11.8 Å². The highest BCUT2D eigenvalue weighted by Crippen LogP contribution is 2.38. The van der Waals surface area contributed by atoms with Crippen LogP contribution in [0.5, 0.6) is 0 Å². The van der Waals surface area contributed by atoms with E-state index in [-0.39, 0.29) is 0 Å². The Morgan fingerprint density at radius 3 is 3.05 bits per heavy atom. The zero-order valence-corrected chi connectivity index (χ0v) is 13.9. The fourth-order valence-electron chi connectivity index (χ4n) is 3.38. The van der Waals surface area contributed by atoms with Crippen LogP contribution in [-0.2, 0) is 11.2 Å². The van der Waals surface area contributed by atoms with Crippen LogP contribution in [0.15, 0.2) is 0 Å². The standard InChI is InChI=1S/C15H22N2O2S2/c1-2-20-11-7-4-6-10(11)16-15-17-13-9(14(18)19)5-3-8-12(13)21-15/h9-11H,2-8H2,1H3,(H,16,17)(H,18,19). The van der Waals surface area contributed by atoms with Crippen molar-refractivity contribution in [2.24, 2.45) is 0 Å². The van der Waals surface area contributed by atoms with Crippen molar-refractivity contribution in [2.45, 2.75) is 62.7 Å². The summed E-state index contributed by atoms with van der Waals surface area (Å²) in [5.74, 6) is 0.0243. The van der Waals surface area contributed by atoms with Crippen LogP contribution in [0.2, 0.25) is 0 Å². The van der Waals surface area contributed by atoms with Crippen molar-refractivity contribution in [3.63, 3.8) is 0 Å². The van der Waals surface area contributed by atoms with Crippen molar-refractivity contribution in [1.82, 2.24) is 4.98 Å². The molecule has 1 saturated carbocycles. The van der Waals surface area contributed by atoms with Gasteiger partial charge < -0.3 is 10.4 Å². The molecule has 1 aromatic heterocycles. The van der Waals surface area contributed by atoms with E-state index in [4.69, 9.17) is 0 Å². The Labute approximate surface area is 133 Å². The first-order valence-electron chi connectivity index (χ1n) is 7.79. The van der Waals surface area contributed by atoms with Gasteiger partial charge in [-0.3, -0.25) is 4.79 Å². The fraction of sp³-hybridized carbons (Fsp3) is 0.733. The molecule has 3 unspecified atom stereocenters. The van der Waals surface area contributed by atoms with E-state index in [1.165, 1.54) is 24.1 Å². The van der Waals surface area contributed by atoms with E-state index in [1.54, 1.807) is 11.3 Å². The van der Waals surface area contributed by atoms with Crippen LogP contribution < -0.4 is 5.32 Å². The van der Waals surface area contributed by atoms with E-state index < -0.39 is 11.9 Å². The average molecular weight is 326 g/mol. The second-order valence-electron chi connectivity index (χ2n) is 5.79. The molecule has 0 bridgehead atoms. The smallest absolute Gasteiger partial charge is 0.312 e. The van der Waals surface area contributed by atoms with Crippen LogP contribution >= 0.6 is 23.1 Å². The number of aromatic nitrogens is 1. The monoisotopic (exact) mass is 326 g/mol. The van der Waals surface area contributed by atoms with Crippen LogP contribution in [0.1, 0.15) is 55.5 Å². The minimum absolute atomic E-state index is 0.398. The Kier molecular flexibility index (Phi) is 4.74. The molecule has 0 spiro atoms. The first-order chi connectivity index (χ1) is 10.2. The summed E-state index contributed by atoms with van der Waals surface area (Å²) in [4.78, 5) is 17.2. The van der Waals surface area contributed by atoms with Crippen LogP contribution in [-0.4, -0.2) is 33.1 Å². The molecule has 0 amide bonds. The van der Waals surface area contributed by atoms with Crippen LogP contribution in [0, 0.1) is 0 Å². The van der Waals surface area contributed by atoms with Gasteiger partial charge in [-0.2, -0.15) is 11.8 Å². The van der Waals surface area contributed by atoms with Gasteiger partial charge in [-0.15, -0.1) is 11.3 Å². The summed E-state index contributed by atoms with van der Waals surface area (Å²) in [6.07, 6.45) is 6.42. The third-order valence-electron chi connectivity index (χ3n) is 4.39. The number of hydrogen-bond donors (Lipinski definition) is 2. The van der Waals surface area contributed by atoms with E-state index in [0.29, 0.717) is 11.3 Å². The van der Waals surface area contributed by atoms with Crippen LogP contribution in [0.3, 0.4) is 0 Å². The summed E-state index contributed by atoms with van der Waals surface area (Å²) >= 11 is 3.70. The predicted octanol–water partition coefficient (Wildman–Crippen LogP) is 3.73. The van der Waals surface area contributed by atoms with Crippen molar-refractivity contribution in [3.05, 3.63) is 10.6 Å². The minimum Gasteiger partial charge on any atom is -0.481 e. The Bertz CT molecular complexity index is 518. The first kappa shape index (κ1) is 15.2. The van der Waals surface area contributed by atoms with Crippen molar-refractivity contribution in [2.75, 3.05) is 11.1 Å². The molecule has 2 aliphatic rings. The molecule has 3 atom stereocenters. The summed E-state index contributed by atoms with van der Waals surface area (Å²) in [6, 6.07) is 0.492. The molecule has 116 valence electrons. The zero-order chi connectivity index (χ0) is 14.8. The second-order valence-corrected chi connectivity index (χ2v) is 8.39. The molecule has 4 nitrogen and oxygen atoms in total. The van der Waals surface area contributed by atoms with Gasteiger partial charge in [0, 0.05) is 16.2 Å². The quantitative estimate of drug-likeness (QED) is 0.863. The fourth-order valence-corrected chi connectivity index (χ4v) is 5.71. The third-order valence-corrected chi connectivity index (χ3v) is 6.78. The van der Waals surface area contributed by atoms with Gasteiger partial charge in [0.2, 0.25) is 0 Å². The number of thiazole rings is 1. The van der Waals surface area contributed by atoms with Gasteiger partial charge in [0.25, 0.3) is 0 Å². The van der Waals surface area contributed by atoms with Crippen LogP contribution in [0.4, 0.5) is 5.13 Å². The zero-order valence-electron chi connectivity index (χ0n) is 12.3. The number of carbonyl (C=O) groups is 1. The molecule has 1 aromatic rings. The molecule has 1 heterocycles. The number of thioether (sulfide) groups is 1. The molecule has 2 aliphatic carbocycles. The van der Waals surface area contributed by atoms with E-state index in [0.717, 1.165) is 35.8 Å². The molecule has 0 radical (unpaired) electrons. The molecular weight excluding hydrogens is 304 g/mol. The number of aryl methyl sites for hydroxylation is 1. The van der Waals surface area contributed by atoms with E-state index >= 15 is 0 Å². The predicted molar refractivity (Wildman–Crippen MR) is 88.6 cm³/mol. The van der Waals surface area contributed by atoms with E-state index in [2.05, 4.69) is 17.2 Å². The number of nitrogens with one attached hydrogen (secondary N) is 1. The molecule has 0 aliphatic heterocycles. The Balaban J connectivity index is 1.74. The maximum absolute atomic E-state index is 11.3. The van der Waals surface area contributed by atoms with Gasteiger partial charge in [-0.25, -0.2) is 4.98 Å². The third kappa shape index (κ3) is 3.21. The van der Waals surface area contributed by atoms with Crippen molar-refractivity contribution in [1.29, 1.82) is 0 Å². The Hall–Kier alpha value is -0.750. The summed E-state index contributed by atoms with van der Waals surface area (Å²) < 4.78 is 0. The highest BCUT2D eigenvalue weighted by molar-refractivity contribution is 7.99. The lowest BCUT2D eigenvalue weighted by molar-refractivity contribution is -0.139. The van der Waals surface area contributed by atoms with Crippen molar-refractivity contribution < 1.29 is 9.90 Å². The van der Waals surface area contributed by atoms with Crippen molar-refractivity contribution in [3.8, 4) is 0 Å². The summed E-state index contributed by atoms with van der Waals surface area (Å²) in [5.41, 5.74) is 0.818. The normalized spacial score (nSPS) is 28.3. The summed E-state index contributed by atoms with van der Waals surface area (Å²) in [7, 11) is 0. The lowest BCUT2D eigenvalue weighted by atomic mass is 9.91. The number of carboxylic acid groups (broad SMARTS) is 1. The van der Waals surface area contributed by atoms with Gasteiger partial charge in [-0.1, -0.05) is 13.3 Å². The van der Waals surface area contributed by atoms with E-state index in [9.17, 15) is 9.90 Å². The maximum atomic E-state index is 11.3.